The number of allylic oxidation sites excluding steroid dienone is 1. The highest BCUT2D eigenvalue weighted by molar-refractivity contribution is 7.14. The van der Waals surface area contributed by atoms with E-state index in [-0.39, 0.29) is 37.5 Å². The second kappa shape index (κ2) is 16.4. The quantitative estimate of drug-likeness (QED) is 0.186. The van der Waals surface area contributed by atoms with Crippen LogP contribution in [-0.2, 0) is 19.1 Å². The van der Waals surface area contributed by atoms with Crippen molar-refractivity contribution in [1.29, 1.82) is 0 Å². The Bertz CT molecular complexity index is 1940. The van der Waals surface area contributed by atoms with Crippen molar-refractivity contribution < 1.29 is 38.5 Å². The first-order valence-electron chi connectivity index (χ1n) is 19.4. The summed E-state index contributed by atoms with van der Waals surface area (Å²) in [6.45, 7) is 4.11. The van der Waals surface area contributed by atoms with Gasteiger partial charge in [-0.05, 0) is 77.3 Å². The predicted octanol–water partition coefficient (Wildman–Crippen LogP) is 6.05. The number of ether oxygens (including phenoxy) is 3. The molecule has 294 valence electrons. The van der Waals surface area contributed by atoms with Crippen molar-refractivity contribution in [2.24, 2.45) is 5.92 Å². The van der Waals surface area contributed by atoms with E-state index in [0.717, 1.165) is 50.1 Å². The number of alkyl carbamates (subject to hydrolysis) is 1. The number of hydrogen-bond donors (Lipinski definition) is 4. The number of carboxylic acids is 1. The average Bonchev–Trinajstić information content (AvgIpc) is 3.58. The summed E-state index contributed by atoms with van der Waals surface area (Å²) in [4.78, 5) is 65.5. The number of aromatic nitrogens is 2. The number of thiazole rings is 1. The topological polar surface area (TPSA) is 181 Å². The first-order chi connectivity index (χ1) is 26.5. The van der Waals surface area contributed by atoms with Crippen LogP contribution in [-0.4, -0.2) is 93.4 Å². The van der Waals surface area contributed by atoms with E-state index in [2.05, 4.69) is 16.0 Å². The van der Waals surface area contributed by atoms with Gasteiger partial charge in [0.2, 0.25) is 11.8 Å². The molecule has 55 heavy (non-hydrogen) atoms. The highest BCUT2D eigenvalue weighted by atomic mass is 32.1. The van der Waals surface area contributed by atoms with Gasteiger partial charge in [-0.1, -0.05) is 25.0 Å². The summed E-state index contributed by atoms with van der Waals surface area (Å²) in [5.41, 5.74) is 0.394. The molecule has 0 bridgehead atoms. The molecule has 1 unspecified atom stereocenters. The van der Waals surface area contributed by atoms with Crippen LogP contribution in [0.25, 0.3) is 22.3 Å². The normalized spacial score (nSPS) is 26.1. The number of benzene rings is 1. The molecular weight excluding hydrogens is 725 g/mol. The smallest absolute Gasteiger partial charge is 0.408 e. The Hall–Kier alpha value is -4.92. The van der Waals surface area contributed by atoms with Crippen molar-refractivity contribution in [3.8, 4) is 22.9 Å². The van der Waals surface area contributed by atoms with Crippen LogP contribution in [0.2, 0.25) is 0 Å². The minimum absolute atomic E-state index is 0.0324. The number of anilines is 1. The summed E-state index contributed by atoms with van der Waals surface area (Å²) in [6.07, 6.45) is 9.71. The van der Waals surface area contributed by atoms with Gasteiger partial charge >= 0.3 is 12.1 Å². The Kier molecular flexibility index (Phi) is 11.5. The van der Waals surface area contributed by atoms with Crippen LogP contribution < -0.4 is 25.4 Å². The highest BCUT2D eigenvalue weighted by Crippen LogP contribution is 2.45. The van der Waals surface area contributed by atoms with Crippen molar-refractivity contribution >= 4 is 51.2 Å². The fraction of sp³-hybridized carbons (Fsp3) is 0.550. The second-order valence-corrected chi connectivity index (χ2v) is 16.2. The van der Waals surface area contributed by atoms with Gasteiger partial charge in [0.15, 0.2) is 5.13 Å². The summed E-state index contributed by atoms with van der Waals surface area (Å²) < 4.78 is 17.9. The average molecular weight is 775 g/mol. The van der Waals surface area contributed by atoms with Gasteiger partial charge in [-0.3, -0.25) is 9.59 Å². The van der Waals surface area contributed by atoms with Crippen molar-refractivity contribution in [3.05, 3.63) is 41.8 Å². The van der Waals surface area contributed by atoms with Crippen LogP contribution in [0.5, 0.6) is 11.5 Å². The molecule has 3 fully saturated rings. The molecule has 3 aromatic rings. The lowest BCUT2D eigenvalue weighted by atomic mass is 10.0. The standard InChI is InChI=1S/C40H50N6O8S/c1-23(2)41-38-43-32(22-55-38)31-19-34(28-16-15-26(52-3)17-30(28)42-31)53-27-18-33-35(47)45-40(37(49)50)20-24(40)11-7-5-4-6-8-14-29(36(48)46(33)21-27)44-39(51)54-25-12-9-10-13-25/h7,11,15-17,19,22-25,27,29,33H,4-6,8-10,12-14,18,20-21H2,1-3H3,(H,41,43)(H,44,51)(H,45,47)(H,49,50)/t24?,27-,29+,33+,40-/m1/s1. The van der Waals surface area contributed by atoms with Gasteiger partial charge in [0.25, 0.3) is 0 Å². The summed E-state index contributed by atoms with van der Waals surface area (Å²) in [5, 5.41) is 22.6. The Balaban J connectivity index is 1.20. The molecule has 2 aliphatic carbocycles. The number of carboxylic acid groups (broad SMARTS) is 1. The molecule has 4 aliphatic rings. The van der Waals surface area contributed by atoms with E-state index in [0.29, 0.717) is 46.6 Å². The third-order valence-electron chi connectivity index (χ3n) is 10.9. The van der Waals surface area contributed by atoms with Gasteiger partial charge in [-0.2, -0.15) is 0 Å². The number of aliphatic carboxylic acids is 1. The highest BCUT2D eigenvalue weighted by Gasteiger charge is 2.61. The van der Waals surface area contributed by atoms with Crippen molar-refractivity contribution in [2.75, 3.05) is 19.0 Å². The molecule has 4 N–H and O–H groups in total. The van der Waals surface area contributed by atoms with E-state index in [9.17, 15) is 24.3 Å². The number of nitrogens with zero attached hydrogens (tertiary/aromatic N) is 3. The summed E-state index contributed by atoms with van der Waals surface area (Å²) in [6, 6.07) is 5.50. The molecule has 0 radical (unpaired) electrons. The van der Waals surface area contributed by atoms with Crippen LogP contribution in [0.3, 0.4) is 0 Å². The number of amides is 3. The van der Waals surface area contributed by atoms with E-state index in [1.165, 1.54) is 16.2 Å². The van der Waals surface area contributed by atoms with Crippen LogP contribution >= 0.6 is 11.3 Å². The lowest BCUT2D eigenvalue weighted by Gasteiger charge is -2.29. The van der Waals surface area contributed by atoms with E-state index in [1.54, 1.807) is 7.11 Å². The summed E-state index contributed by atoms with van der Waals surface area (Å²) >= 11 is 1.47. The SMILES string of the molecule is COc1ccc2c(O[C@@H]3C[C@H]4C(=O)N[C@]5(C(=O)O)CC5C=CCCCCC[C@H](NC(=O)OC5CCCC5)C(=O)N4C3)cc(-c3csc(NC(C)C)n3)nc2c1. The monoisotopic (exact) mass is 774 g/mol. The molecule has 14 nitrogen and oxygen atoms in total. The number of carbonyl (C=O) groups excluding carboxylic acids is 3. The maximum atomic E-state index is 14.5. The first-order valence-corrected chi connectivity index (χ1v) is 20.3. The van der Waals surface area contributed by atoms with E-state index < -0.39 is 47.6 Å². The van der Waals surface area contributed by atoms with Crippen LogP contribution in [0.1, 0.15) is 84.5 Å². The number of fused-ring (bicyclic) bond motifs is 3. The van der Waals surface area contributed by atoms with Crippen LogP contribution in [0.4, 0.5) is 9.93 Å². The molecule has 4 heterocycles. The molecule has 0 spiro atoms. The maximum Gasteiger partial charge on any atom is 0.408 e. The minimum Gasteiger partial charge on any atom is -0.497 e. The van der Waals surface area contributed by atoms with Crippen molar-refractivity contribution in [1.82, 2.24) is 25.5 Å². The Morgan fingerprint density at radius 1 is 1.04 bits per heavy atom. The zero-order chi connectivity index (χ0) is 38.7. The third-order valence-corrected chi connectivity index (χ3v) is 11.7. The van der Waals surface area contributed by atoms with Gasteiger partial charge in [-0.25, -0.2) is 19.6 Å². The van der Waals surface area contributed by atoms with Gasteiger partial charge < -0.3 is 40.2 Å². The van der Waals surface area contributed by atoms with Crippen LogP contribution in [0.15, 0.2) is 41.8 Å². The minimum atomic E-state index is -1.45. The van der Waals surface area contributed by atoms with Crippen molar-refractivity contribution in [2.45, 2.75) is 120 Å². The molecule has 2 saturated carbocycles. The summed E-state index contributed by atoms with van der Waals surface area (Å²) in [5.74, 6) is -1.37. The zero-order valence-electron chi connectivity index (χ0n) is 31.5. The molecule has 2 aromatic heterocycles. The molecule has 2 aliphatic heterocycles. The lowest BCUT2D eigenvalue weighted by molar-refractivity contribution is -0.145. The fourth-order valence-corrected chi connectivity index (χ4v) is 8.75. The number of carbonyl (C=O) groups is 4. The van der Waals surface area contributed by atoms with Gasteiger partial charge in [-0.15, -0.1) is 11.3 Å². The van der Waals surface area contributed by atoms with Crippen LogP contribution in [0, 0.1) is 5.92 Å². The summed E-state index contributed by atoms with van der Waals surface area (Å²) in [7, 11) is 1.58. The van der Waals surface area contributed by atoms with Gasteiger partial charge in [0.1, 0.15) is 47.0 Å². The number of rotatable bonds is 9. The maximum absolute atomic E-state index is 14.5. The molecule has 15 heteroatoms. The largest absolute Gasteiger partial charge is 0.497 e. The van der Waals surface area contributed by atoms with Gasteiger partial charge in [0, 0.05) is 41.3 Å². The fourth-order valence-electron chi connectivity index (χ4n) is 7.90. The van der Waals surface area contributed by atoms with Crippen molar-refractivity contribution in [3.63, 3.8) is 0 Å². The Labute approximate surface area is 324 Å². The number of methoxy groups -OCH3 is 1. The zero-order valence-corrected chi connectivity index (χ0v) is 32.4. The molecule has 3 amide bonds. The number of hydrogen-bond acceptors (Lipinski definition) is 11. The molecular formula is C40H50N6O8S. The molecule has 1 aromatic carbocycles. The Morgan fingerprint density at radius 2 is 1.84 bits per heavy atom. The van der Waals surface area contributed by atoms with E-state index >= 15 is 0 Å². The number of nitrogens with one attached hydrogen (secondary N) is 3. The lowest BCUT2D eigenvalue weighted by Crippen LogP contribution is -2.56. The first kappa shape index (κ1) is 38.4. The third kappa shape index (κ3) is 8.66. The predicted molar refractivity (Wildman–Crippen MR) is 207 cm³/mol. The molecule has 7 rings (SSSR count). The molecule has 5 atom stereocenters. The van der Waals surface area contributed by atoms with E-state index in [4.69, 9.17) is 24.2 Å². The second-order valence-electron chi connectivity index (χ2n) is 15.4. The molecule has 1 saturated heterocycles. The Morgan fingerprint density at radius 3 is 2.60 bits per heavy atom. The van der Waals surface area contributed by atoms with Gasteiger partial charge in [0.05, 0.1) is 24.9 Å². The van der Waals surface area contributed by atoms with E-state index in [1.807, 2.05) is 55.6 Å². The number of pyridine rings is 1.